The predicted molar refractivity (Wildman–Crippen MR) is 59.5 cm³/mol. The molecule has 0 bridgehead atoms. The van der Waals surface area contributed by atoms with Gasteiger partial charge in [-0.25, -0.2) is 0 Å². The van der Waals surface area contributed by atoms with E-state index in [4.69, 9.17) is 0 Å². The fourth-order valence-corrected chi connectivity index (χ4v) is 1.84. The Balaban J connectivity index is 1.60. The van der Waals surface area contributed by atoms with Gasteiger partial charge >= 0.3 is 0 Å². The Hall–Kier alpha value is -1.39. The summed E-state index contributed by atoms with van der Waals surface area (Å²) in [5, 5.41) is 10.5. The molecule has 1 aliphatic carbocycles. The van der Waals surface area contributed by atoms with Gasteiger partial charge < -0.3 is 5.32 Å². The smallest absolute Gasteiger partial charge is 0.223 e. The number of nitrogens with one attached hydrogen (secondary N) is 1. The van der Waals surface area contributed by atoms with E-state index in [-0.39, 0.29) is 17.2 Å². The molecule has 1 heterocycles. The summed E-state index contributed by atoms with van der Waals surface area (Å²) in [6.07, 6.45) is 5.39. The third-order valence-electron chi connectivity index (χ3n) is 3.17. The highest BCUT2D eigenvalue weighted by atomic mass is 16.2. The number of rotatable bonds is 5. The van der Waals surface area contributed by atoms with Gasteiger partial charge in [-0.3, -0.25) is 9.48 Å². The number of aryl methyl sites for hydroxylation is 1. The van der Waals surface area contributed by atoms with Crippen LogP contribution in [0, 0.1) is 11.3 Å². The van der Waals surface area contributed by atoms with E-state index in [2.05, 4.69) is 29.5 Å². The second-order valence-corrected chi connectivity index (χ2v) is 5.06. The predicted octanol–water partition coefficient (Wildman–Crippen LogP) is 0.830. The van der Waals surface area contributed by atoms with E-state index in [1.54, 1.807) is 10.9 Å². The highest BCUT2D eigenvalue weighted by Gasteiger charge is 2.50. The van der Waals surface area contributed by atoms with E-state index in [0.717, 1.165) is 19.4 Å². The van der Waals surface area contributed by atoms with Gasteiger partial charge in [-0.15, -0.1) is 5.10 Å². The molecule has 16 heavy (non-hydrogen) atoms. The number of amides is 1. The quantitative estimate of drug-likeness (QED) is 0.751. The number of nitrogens with zero attached hydrogens (tertiary/aromatic N) is 3. The maximum absolute atomic E-state index is 11.6. The molecule has 88 valence electrons. The zero-order valence-corrected chi connectivity index (χ0v) is 9.81. The monoisotopic (exact) mass is 222 g/mol. The van der Waals surface area contributed by atoms with Crippen LogP contribution in [0.2, 0.25) is 0 Å². The van der Waals surface area contributed by atoms with Crippen molar-refractivity contribution in [3.05, 3.63) is 12.4 Å². The number of carbonyl (C=O) groups excluding carboxylic acids is 1. The molecule has 1 aliphatic rings. The third-order valence-corrected chi connectivity index (χ3v) is 3.17. The van der Waals surface area contributed by atoms with Crippen molar-refractivity contribution < 1.29 is 4.79 Å². The molecule has 1 aromatic heterocycles. The van der Waals surface area contributed by atoms with Crippen molar-refractivity contribution in [3.63, 3.8) is 0 Å². The topological polar surface area (TPSA) is 59.8 Å². The second kappa shape index (κ2) is 4.23. The summed E-state index contributed by atoms with van der Waals surface area (Å²) in [7, 11) is 0. The summed E-state index contributed by atoms with van der Waals surface area (Å²) in [5.41, 5.74) is 0.218. The third kappa shape index (κ3) is 2.59. The lowest BCUT2D eigenvalue weighted by atomic mass is 10.1. The molecule has 2 rings (SSSR count). The second-order valence-electron chi connectivity index (χ2n) is 5.06. The first-order valence-corrected chi connectivity index (χ1v) is 5.71. The van der Waals surface area contributed by atoms with Crippen LogP contribution in [0.15, 0.2) is 12.4 Å². The minimum atomic E-state index is 0.198. The average Bonchev–Trinajstić information content (AvgIpc) is 2.67. The Labute approximate surface area is 95.2 Å². The SMILES string of the molecule is CC1(C)C[C@@H]1C(=O)NCCCn1ccnn1. The first-order chi connectivity index (χ1) is 7.59. The van der Waals surface area contributed by atoms with Crippen molar-refractivity contribution in [3.8, 4) is 0 Å². The maximum Gasteiger partial charge on any atom is 0.223 e. The number of carbonyl (C=O) groups is 1. The molecule has 5 heteroatoms. The Morgan fingerprint density at radius 2 is 2.38 bits per heavy atom. The molecular weight excluding hydrogens is 204 g/mol. The zero-order chi connectivity index (χ0) is 11.6. The minimum Gasteiger partial charge on any atom is -0.356 e. The van der Waals surface area contributed by atoms with Gasteiger partial charge in [0, 0.05) is 25.2 Å². The van der Waals surface area contributed by atoms with Crippen molar-refractivity contribution in [2.45, 2.75) is 33.2 Å². The fourth-order valence-electron chi connectivity index (χ4n) is 1.84. The lowest BCUT2D eigenvalue weighted by molar-refractivity contribution is -0.122. The largest absolute Gasteiger partial charge is 0.356 e. The summed E-state index contributed by atoms with van der Waals surface area (Å²) in [6.45, 7) is 5.78. The van der Waals surface area contributed by atoms with Crippen LogP contribution in [0.1, 0.15) is 26.7 Å². The molecule has 1 atom stereocenters. The molecule has 1 aromatic rings. The number of hydrogen-bond acceptors (Lipinski definition) is 3. The Morgan fingerprint density at radius 3 is 2.94 bits per heavy atom. The molecule has 5 nitrogen and oxygen atoms in total. The molecule has 0 saturated heterocycles. The lowest BCUT2D eigenvalue weighted by Crippen LogP contribution is -2.28. The van der Waals surface area contributed by atoms with Crippen LogP contribution in [-0.2, 0) is 11.3 Å². The van der Waals surface area contributed by atoms with E-state index >= 15 is 0 Å². The standard InChI is InChI=1S/C11H18N4O/c1-11(2)8-9(11)10(16)12-4-3-6-15-7-5-13-14-15/h5,7,9H,3-4,6,8H2,1-2H3,(H,12,16)/t9-/m1/s1. The molecular formula is C11H18N4O. The van der Waals surface area contributed by atoms with Gasteiger partial charge in [-0.05, 0) is 18.3 Å². The van der Waals surface area contributed by atoms with Crippen LogP contribution < -0.4 is 5.32 Å². The van der Waals surface area contributed by atoms with E-state index in [1.807, 2.05) is 6.20 Å². The molecule has 0 aliphatic heterocycles. The Kier molecular flexibility index (Phi) is 2.94. The van der Waals surface area contributed by atoms with Gasteiger partial charge in [0.2, 0.25) is 5.91 Å². The van der Waals surface area contributed by atoms with Gasteiger partial charge in [0.25, 0.3) is 0 Å². The summed E-state index contributed by atoms with van der Waals surface area (Å²) < 4.78 is 1.77. The van der Waals surface area contributed by atoms with Crippen LogP contribution in [0.4, 0.5) is 0 Å². The molecule has 1 fully saturated rings. The van der Waals surface area contributed by atoms with Crippen molar-refractivity contribution in [2.75, 3.05) is 6.54 Å². The Morgan fingerprint density at radius 1 is 1.62 bits per heavy atom. The normalized spacial score (nSPS) is 21.8. The summed E-state index contributed by atoms with van der Waals surface area (Å²) in [4.78, 5) is 11.6. The highest BCUT2D eigenvalue weighted by molar-refractivity contribution is 5.82. The zero-order valence-electron chi connectivity index (χ0n) is 9.81. The van der Waals surface area contributed by atoms with Crippen molar-refractivity contribution in [2.24, 2.45) is 11.3 Å². The first kappa shape index (κ1) is 11.1. The van der Waals surface area contributed by atoms with E-state index in [9.17, 15) is 4.79 Å². The fraction of sp³-hybridized carbons (Fsp3) is 0.727. The molecule has 1 saturated carbocycles. The van der Waals surface area contributed by atoms with E-state index in [0.29, 0.717) is 6.54 Å². The van der Waals surface area contributed by atoms with E-state index < -0.39 is 0 Å². The summed E-state index contributed by atoms with van der Waals surface area (Å²) in [5.74, 6) is 0.419. The van der Waals surface area contributed by atoms with Gasteiger partial charge in [-0.1, -0.05) is 19.1 Å². The molecule has 0 radical (unpaired) electrons. The number of hydrogen-bond donors (Lipinski definition) is 1. The van der Waals surface area contributed by atoms with Crippen molar-refractivity contribution in [1.29, 1.82) is 0 Å². The average molecular weight is 222 g/mol. The van der Waals surface area contributed by atoms with Gasteiger partial charge in [-0.2, -0.15) is 0 Å². The molecule has 0 aromatic carbocycles. The first-order valence-electron chi connectivity index (χ1n) is 5.71. The molecule has 0 unspecified atom stereocenters. The molecule has 0 spiro atoms. The van der Waals surface area contributed by atoms with Crippen molar-refractivity contribution >= 4 is 5.91 Å². The molecule has 1 amide bonds. The summed E-state index contributed by atoms with van der Waals surface area (Å²) >= 11 is 0. The van der Waals surface area contributed by atoms with Gasteiger partial charge in [0.15, 0.2) is 0 Å². The van der Waals surface area contributed by atoms with Gasteiger partial charge in [0.05, 0.1) is 6.20 Å². The highest BCUT2D eigenvalue weighted by Crippen LogP contribution is 2.51. The maximum atomic E-state index is 11.6. The van der Waals surface area contributed by atoms with Crippen LogP contribution >= 0.6 is 0 Å². The minimum absolute atomic E-state index is 0.198. The lowest BCUT2D eigenvalue weighted by Gasteiger charge is -2.06. The van der Waals surface area contributed by atoms with E-state index in [1.165, 1.54) is 0 Å². The number of aromatic nitrogens is 3. The summed E-state index contributed by atoms with van der Waals surface area (Å²) in [6, 6.07) is 0. The van der Waals surface area contributed by atoms with Crippen molar-refractivity contribution in [1.82, 2.24) is 20.3 Å². The van der Waals surface area contributed by atoms with Crippen LogP contribution in [0.3, 0.4) is 0 Å². The molecule has 1 N–H and O–H groups in total. The Bertz CT molecular complexity index is 358. The van der Waals surface area contributed by atoms with Crippen LogP contribution in [-0.4, -0.2) is 27.4 Å². The van der Waals surface area contributed by atoms with Crippen LogP contribution in [0.25, 0.3) is 0 Å². The van der Waals surface area contributed by atoms with Gasteiger partial charge in [0.1, 0.15) is 0 Å². The van der Waals surface area contributed by atoms with Crippen LogP contribution in [0.5, 0.6) is 0 Å².